The van der Waals surface area contributed by atoms with E-state index in [0.717, 1.165) is 13.1 Å². The van der Waals surface area contributed by atoms with Crippen LogP contribution in [0.3, 0.4) is 0 Å². The van der Waals surface area contributed by atoms with E-state index in [1.807, 2.05) is 11.3 Å². The van der Waals surface area contributed by atoms with Crippen molar-refractivity contribution in [2.24, 2.45) is 0 Å². The number of hydrogen-bond acceptors (Lipinski definition) is 2. The lowest BCUT2D eigenvalue weighted by molar-refractivity contribution is 0.680. The molecule has 0 amide bonds. The minimum Gasteiger partial charge on any atom is -0.312 e. The second-order valence-corrected chi connectivity index (χ2v) is 6.37. The van der Waals surface area contributed by atoms with E-state index < -0.39 is 0 Å². The number of thiophene rings is 1. The molecule has 2 heteroatoms. The van der Waals surface area contributed by atoms with Gasteiger partial charge in [-0.15, -0.1) is 11.3 Å². The van der Waals surface area contributed by atoms with Gasteiger partial charge in [0.25, 0.3) is 0 Å². The third kappa shape index (κ3) is 2.76. The minimum absolute atomic E-state index is 0.607. The highest BCUT2D eigenvalue weighted by Crippen LogP contribution is 2.32. The Bertz CT molecular complexity index is 525. The maximum atomic E-state index is 3.50. The first kappa shape index (κ1) is 13.6. The summed E-state index contributed by atoms with van der Waals surface area (Å²) < 4.78 is 1.42. The van der Waals surface area contributed by atoms with Crippen LogP contribution in [0.1, 0.15) is 49.1 Å². The van der Waals surface area contributed by atoms with Crippen LogP contribution in [-0.2, 0) is 6.54 Å². The van der Waals surface area contributed by atoms with Crippen molar-refractivity contribution in [3.8, 4) is 0 Å². The van der Waals surface area contributed by atoms with E-state index in [1.165, 1.54) is 32.5 Å². The fourth-order valence-corrected chi connectivity index (χ4v) is 3.36. The Morgan fingerprint density at radius 3 is 2.72 bits per heavy atom. The van der Waals surface area contributed by atoms with E-state index in [4.69, 9.17) is 0 Å². The van der Waals surface area contributed by atoms with Crippen LogP contribution >= 0.6 is 11.3 Å². The number of fused-ring (bicyclic) bond motifs is 1. The van der Waals surface area contributed by atoms with E-state index in [2.05, 4.69) is 51.2 Å². The van der Waals surface area contributed by atoms with Gasteiger partial charge in [0.2, 0.25) is 0 Å². The average molecular weight is 261 g/mol. The molecule has 1 N–H and O–H groups in total. The van der Waals surface area contributed by atoms with Crippen LogP contribution in [0.2, 0.25) is 0 Å². The Hall–Kier alpha value is -0.860. The summed E-state index contributed by atoms with van der Waals surface area (Å²) in [5.74, 6) is 0.607. The minimum atomic E-state index is 0.607. The maximum Gasteiger partial charge on any atom is 0.0349 e. The van der Waals surface area contributed by atoms with E-state index in [-0.39, 0.29) is 0 Å². The Kier molecular flexibility index (Phi) is 4.41. The molecule has 0 saturated carbocycles. The smallest absolute Gasteiger partial charge is 0.0349 e. The number of aryl methyl sites for hydroxylation is 1. The van der Waals surface area contributed by atoms with Crippen LogP contribution in [0.25, 0.3) is 10.1 Å². The molecule has 0 aliphatic rings. The Balaban J connectivity index is 2.31. The van der Waals surface area contributed by atoms with Gasteiger partial charge in [0.05, 0.1) is 0 Å². The predicted octanol–water partition coefficient (Wildman–Crippen LogP) is 4.83. The molecule has 18 heavy (non-hydrogen) atoms. The van der Waals surface area contributed by atoms with Gasteiger partial charge in [0.1, 0.15) is 0 Å². The molecule has 1 nitrogen and oxygen atoms in total. The fraction of sp³-hybridized carbons (Fsp3) is 0.500. The van der Waals surface area contributed by atoms with Gasteiger partial charge in [0.15, 0.2) is 0 Å². The SMILES string of the molecule is CCCNCc1sc2ccc(C(C)C)cc2c1C. The summed E-state index contributed by atoms with van der Waals surface area (Å²) in [5, 5.41) is 4.94. The molecule has 1 aromatic heterocycles. The topological polar surface area (TPSA) is 12.0 Å². The molecular weight excluding hydrogens is 238 g/mol. The van der Waals surface area contributed by atoms with E-state index in [1.54, 1.807) is 0 Å². The molecule has 2 rings (SSSR count). The zero-order valence-corrected chi connectivity index (χ0v) is 12.7. The van der Waals surface area contributed by atoms with Crippen molar-refractivity contribution >= 4 is 21.4 Å². The predicted molar refractivity (Wildman–Crippen MR) is 82.6 cm³/mol. The number of rotatable bonds is 5. The molecule has 0 aliphatic heterocycles. The quantitative estimate of drug-likeness (QED) is 0.760. The van der Waals surface area contributed by atoms with E-state index in [9.17, 15) is 0 Å². The molecule has 0 spiro atoms. The Labute approximate surface area is 114 Å². The molecule has 1 aromatic carbocycles. The van der Waals surface area contributed by atoms with Crippen molar-refractivity contribution in [2.45, 2.75) is 46.6 Å². The maximum absolute atomic E-state index is 3.50. The van der Waals surface area contributed by atoms with Crippen LogP contribution < -0.4 is 5.32 Å². The highest BCUT2D eigenvalue weighted by atomic mass is 32.1. The highest BCUT2D eigenvalue weighted by molar-refractivity contribution is 7.19. The number of benzene rings is 1. The van der Waals surface area contributed by atoms with Crippen LogP contribution in [0.4, 0.5) is 0 Å². The van der Waals surface area contributed by atoms with Crippen LogP contribution in [0, 0.1) is 6.92 Å². The molecule has 0 aliphatic carbocycles. The largest absolute Gasteiger partial charge is 0.312 e. The molecule has 0 radical (unpaired) electrons. The fourth-order valence-electron chi connectivity index (χ4n) is 2.20. The lowest BCUT2D eigenvalue weighted by Crippen LogP contribution is -2.13. The van der Waals surface area contributed by atoms with Crippen LogP contribution in [0.5, 0.6) is 0 Å². The average Bonchev–Trinajstić information content (AvgIpc) is 2.66. The lowest BCUT2D eigenvalue weighted by atomic mass is 10.0. The van der Waals surface area contributed by atoms with Crippen molar-refractivity contribution in [3.05, 3.63) is 34.2 Å². The molecule has 2 aromatic rings. The lowest BCUT2D eigenvalue weighted by Gasteiger charge is -2.05. The normalized spacial score (nSPS) is 11.6. The summed E-state index contributed by atoms with van der Waals surface area (Å²) in [7, 11) is 0. The van der Waals surface area contributed by atoms with Crippen molar-refractivity contribution in [3.63, 3.8) is 0 Å². The summed E-state index contributed by atoms with van der Waals surface area (Å²) in [6.07, 6.45) is 1.20. The van der Waals surface area contributed by atoms with Gasteiger partial charge < -0.3 is 5.32 Å². The third-order valence-electron chi connectivity index (χ3n) is 3.44. The summed E-state index contributed by atoms with van der Waals surface area (Å²) >= 11 is 1.93. The zero-order chi connectivity index (χ0) is 13.1. The van der Waals surface area contributed by atoms with Crippen LogP contribution in [-0.4, -0.2) is 6.54 Å². The van der Waals surface area contributed by atoms with Gasteiger partial charge in [-0.2, -0.15) is 0 Å². The van der Waals surface area contributed by atoms with Gasteiger partial charge in [-0.25, -0.2) is 0 Å². The summed E-state index contributed by atoms with van der Waals surface area (Å²) in [5.41, 5.74) is 2.90. The van der Waals surface area contributed by atoms with Gasteiger partial charge in [-0.1, -0.05) is 26.8 Å². The summed E-state index contributed by atoms with van der Waals surface area (Å²) in [6, 6.07) is 6.92. The van der Waals surface area contributed by atoms with E-state index in [0.29, 0.717) is 5.92 Å². The molecule has 98 valence electrons. The third-order valence-corrected chi connectivity index (χ3v) is 4.71. The zero-order valence-electron chi connectivity index (χ0n) is 11.8. The first-order valence-electron chi connectivity index (χ1n) is 6.86. The number of hydrogen-bond donors (Lipinski definition) is 1. The van der Waals surface area contributed by atoms with Gasteiger partial charge in [0, 0.05) is 16.1 Å². The molecule has 0 bridgehead atoms. The Morgan fingerprint density at radius 2 is 2.06 bits per heavy atom. The first-order chi connectivity index (χ1) is 8.63. The van der Waals surface area contributed by atoms with E-state index >= 15 is 0 Å². The second kappa shape index (κ2) is 5.85. The molecular formula is C16H23NS. The van der Waals surface area contributed by atoms with Crippen molar-refractivity contribution in [1.82, 2.24) is 5.32 Å². The molecule has 0 fully saturated rings. The highest BCUT2D eigenvalue weighted by Gasteiger charge is 2.09. The van der Waals surface area contributed by atoms with Crippen molar-refractivity contribution < 1.29 is 0 Å². The summed E-state index contributed by atoms with van der Waals surface area (Å²) in [6.45, 7) is 11.1. The Morgan fingerprint density at radius 1 is 1.28 bits per heavy atom. The molecule has 0 saturated heterocycles. The first-order valence-corrected chi connectivity index (χ1v) is 7.67. The number of nitrogens with one attached hydrogen (secondary N) is 1. The van der Waals surface area contributed by atoms with Gasteiger partial charge >= 0.3 is 0 Å². The summed E-state index contributed by atoms with van der Waals surface area (Å²) in [4.78, 5) is 1.49. The van der Waals surface area contributed by atoms with Crippen LogP contribution in [0.15, 0.2) is 18.2 Å². The molecule has 1 heterocycles. The van der Waals surface area contributed by atoms with Crippen molar-refractivity contribution in [1.29, 1.82) is 0 Å². The van der Waals surface area contributed by atoms with Gasteiger partial charge in [-0.05, 0) is 54.5 Å². The van der Waals surface area contributed by atoms with Gasteiger partial charge in [-0.3, -0.25) is 0 Å². The standard InChI is InChI=1S/C16H23NS/c1-5-8-17-10-16-12(4)14-9-13(11(2)3)6-7-15(14)18-16/h6-7,9,11,17H,5,8,10H2,1-4H3. The van der Waals surface area contributed by atoms with Crippen molar-refractivity contribution in [2.75, 3.05) is 6.54 Å². The molecule has 0 atom stereocenters. The molecule has 0 unspecified atom stereocenters. The monoisotopic (exact) mass is 261 g/mol. The second-order valence-electron chi connectivity index (χ2n) is 5.24.